The smallest absolute Gasteiger partial charge is 0.193 e. The van der Waals surface area contributed by atoms with Crippen molar-refractivity contribution >= 4 is 5.78 Å². The Labute approximate surface area is 119 Å². The number of fused-ring (bicyclic) bond motifs is 1. The van der Waals surface area contributed by atoms with E-state index in [1.54, 1.807) is 0 Å². The highest BCUT2D eigenvalue weighted by atomic mass is 16.1. The molecule has 0 bridgehead atoms. The van der Waals surface area contributed by atoms with Gasteiger partial charge in [0.2, 0.25) is 0 Å². The van der Waals surface area contributed by atoms with Crippen molar-refractivity contribution in [1.82, 2.24) is 5.32 Å². The molecule has 0 saturated carbocycles. The molecule has 0 atom stereocenters. The first kappa shape index (κ1) is 13.1. The number of rotatable bonds is 2. The van der Waals surface area contributed by atoms with Crippen molar-refractivity contribution in [3.63, 3.8) is 0 Å². The summed E-state index contributed by atoms with van der Waals surface area (Å²) in [5, 5.41) is 3.36. The fourth-order valence-corrected chi connectivity index (χ4v) is 2.87. The molecule has 2 aromatic carbocycles. The van der Waals surface area contributed by atoms with E-state index in [1.165, 1.54) is 11.1 Å². The first-order valence-electron chi connectivity index (χ1n) is 7.10. The van der Waals surface area contributed by atoms with Gasteiger partial charge in [0.1, 0.15) is 0 Å². The summed E-state index contributed by atoms with van der Waals surface area (Å²) in [4.78, 5) is 12.9. The van der Waals surface area contributed by atoms with Crippen molar-refractivity contribution in [3.8, 4) is 0 Å². The second-order valence-corrected chi connectivity index (χ2v) is 5.52. The minimum atomic E-state index is 0.157. The molecule has 20 heavy (non-hydrogen) atoms. The molecule has 0 fully saturated rings. The standard InChI is InChI=1S/C18H19NO/c1-12-6-7-13(2)17(10-12)18(20)16-5-3-4-14-11-19-9-8-15(14)16/h3-7,10,19H,8-9,11H2,1-2H3. The summed E-state index contributed by atoms with van der Waals surface area (Å²) in [7, 11) is 0. The van der Waals surface area contributed by atoms with E-state index in [1.807, 2.05) is 38.1 Å². The predicted molar refractivity (Wildman–Crippen MR) is 81.2 cm³/mol. The average molecular weight is 265 g/mol. The van der Waals surface area contributed by atoms with Crippen LogP contribution < -0.4 is 5.32 Å². The van der Waals surface area contributed by atoms with Gasteiger partial charge in [0.15, 0.2) is 5.78 Å². The Kier molecular flexibility index (Phi) is 3.41. The Hall–Kier alpha value is -1.93. The van der Waals surface area contributed by atoms with Gasteiger partial charge in [-0.15, -0.1) is 0 Å². The monoisotopic (exact) mass is 265 g/mol. The van der Waals surface area contributed by atoms with Crippen LogP contribution in [0.3, 0.4) is 0 Å². The van der Waals surface area contributed by atoms with Crippen LogP contribution >= 0.6 is 0 Å². The SMILES string of the molecule is Cc1ccc(C)c(C(=O)c2cccc3c2CCNC3)c1. The molecular formula is C18H19NO. The number of ketones is 1. The number of nitrogens with one attached hydrogen (secondary N) is 1. The summed E-state index contributed by atoms with van der Waals surface area (Å²) in [5.41, 5.74) is 6.36. The molecule has 0 spiro atoms. The zero-order valence-electron chi connectivity index (χ0n) is 12.0. The van der Waals surface area contributed by atoms with Gasteiger partial charge in [-0.25, -0.2) is 0 Å². The number of hydrogen-bond donors (Lipinski definition) is 1. The maximum Gasteiger partial charge on any atom is 0.193 e. The Morgan fingerprint density at radius 2 is 1.95 bits per heavy atom. The topological polar surface area (TPSA) is 29.1 Å². The average Bonchev–Trinajstić information content (AvgIpc) is 2.48. The van der Waals surface area contributed by atoms with Crippen LogP contribution in [0.1, 0.15) is 38.2 Å². The first-order chi connectivity index (χ1) is 9.66. The van der Waals surface area contributed by atoms with E-state index in [2.05, 4.69) is 17.4 Å². The van der Waals surface area contributed by atoms with E-state index in [0.29, 0.717) is 0 Å². The van der Waals surface area contributed by atoms with Crippen LogP contribution in [-0.4, -0.2) is 12.3 Å². The van der Waals surface area contributed by atoms with E-state index in [9.17, 15) is 4.79 Å². The van der Waals surface area contributed by atoms with Crippen molar-refractivity contribution in [2.45, 2.75) is 26.8 Å². The molecule has 0 saturated heterocycles. The lowest BCUT2D eigenvalue weighted by Gasteiger charge is -2.20. The molecule has 2 aromatic rings. The molecule has 1 N–H and O–H groups in total. The normalized spacial score (nSPS) is 13.9. The van der Waals surface area contributed by atoms with Crippen molar-refractivity contribution in [3.05, 3.63) is 69.8 Å². The number of aryl methyl sites for hydroxylation is 2. The van der Waals surface area contributed by atoms with Crippen LogP contribution in [0.2, 0.25) is 0 Å². The van der Waals surface area contributed by atoms with Crippen LogP contribution in [0.4, 0.5) is 0 Å². The summed E-state index contributed by atoms with van der Waals surface area (Å²) < 4.78 is 0. The van der Waals surface area contributed by atoms with Gasteiger partial charge in [-0.05, 0) is 49.6 Å². The number of benzene rings is 2. The van der Waals surface area contributed by atoms with E-state index in [0.717, 1.165) is 41.8 Å². The fourth-order valence-electron chi connectivity index (χ4n) is 2.87. The number of carbonyl (C=O) groups is 1. The molecule has 0 amide bonds. The Morgan fingerprint density at radius 3 is 2.80 bits per heavy atom. The Bertz CT molecular complexity index is 673. The molecule has 102 valence electrons. The minimum Gasteiger partial charge on any atom is -0.312 e. The summed E-state index contributed by atoms with van der Waals surface area (Å²) in [6, 6.07) is 12.1. The maximum atomic E-state index is 12.9. The molecule has 1 heterocycles. The second-order valence-electron chi connectivity index (χ2n) is 5.52. The third-order valence-electron chi connectivity index (χ3n) is 4.02. The van der Waals surface area contributed by atoms with Crippen molar-refractivity contribution < 1.29 is 4.79 Å². The zero-order chi connectivity index (χ0) is 14.1. The van der Waals surface area contributed by atoms with E-state index in [4.69, 9.17) is 0 Å². The first-order valence-corrected chi connectivity index (χ1v) is 7.10. The molecule has 0 aromatic heterocycles. The maximum absolute atomic E-state index is 12.9. The van der Waals surface area contributed by atoms with Gasteiger partial charge in [0.05, 0.1) is 0 Å². The molecule has 1 aliphatic rings. The number of hydrogen-bond acceptors (Lipinski definition) is 2. The van der Waals surface area contributed by atoms with Gasteiger partial charge in [-0.1, -0.05) is 35.9 Å². The summed E-state index contributed by atoms with van der Waals surface area (Å²) >= 11 is 0. The summed E-state index contributed by atoms with van der Waals surface area (Å²) in [6.07, 6.45) is 0.933. The molecule has 0 aliphatic carbocycles. The molecule has 0 radical (unpaired) electrons. The Morgan fingerprint density at radius 1 is 1.10 bits per heavy atom. The van der Waals surface area contributed by atoms with Gasteiger partial charge in [-0.3, -0.25) is 4.79 Å². The lowest BCUT2D eigenvalue weighted by atomic mass is 9.89. The quantitative estimate of drug-likeness (QED) is 0.845. The molecular weight excluding hydrogens is 246 g/mol. The highest BCUT2D eigenvalue weighted by molar-refractivity contribution is 6.11. The van der Waals surface area contributed by atoms with Gasteiger partial charge in [0, 0.05) is 17.7 Å². The molecule has 3 rings (SSSR count). The van der Waals surface area contributed by atoms with Gasteiger partial charge >= 0.3 is 0 Å². The van der Waals surface area contributed by atoms with Crippen molar-refractivity contribution in [2.24, 2.45) is 0 Å². The third-order valence-corrected chi connectivity index (χ3v) is 4.02. The summed E-state index contributed by atoms with van der Waals surface area (Å²) in [6.45, 7) is 5.84. The zero-order valence-corrected chi connectivity index (χ0v) is 12.0. The van der Waals surface area contributed by atoms with E-state index >= 15 is 0 Å². The highest BCUT2D eigenvalue weighted by Crippen LogP contribution is 2.23. The highest BCUT2D eigenvalue weighted by Gasteiger charge is 2.19. The third kappa shape index (κ3) is 2.27. The lowest BCUT2D eigenvalue weighted by Crippen LogP contribution is -2.25. The van der Waals surface area contributed by atoms with E-state index < -0.39 is 0 Å². The predicted octanol–water partition coefficient (Wildman–Crippen LogP) is 3.18. The Balaban J connectivity index is 2.09. The van der Waals surface area contributed by atoms with Crippen LogP contribution in [0.5, 0.6) is 0 Å². The van der Waals surface area contributed by atoms with Crippen LogP contribution in [-0.2, 0) is 13.0 Å². The van der Waals surface area contributed by atoms with E-state index in [-0.39, 0.29) is 5.78 Å². The van der Waals surface area contributed by atoms with Crippen LogP contribution in [0, 0.1) is 13.8 Å². The second kappa shape index (κ2) is 5.22. The van der Waals surface area contributed by atoms with Gasteiger partial charge in [-0.2, -0.15) is 0 Å². The largest absolute Gasteiger partial charge is 0.312 e. The molecule has 2 heteroatoms. The van der Waals surface area contributed by atoms with Crippen molar-refractivity contribution in [2.75, 3.05) is 6.54 Å². The molecule has 1 aliphatic heterocycles. The number of carbonyl (C=O) groups excluding carboxylic acids is 1. The van der Waals surface area contributed by atoms with Crippen LogP contribution in [0.25, 0.3) is 0 Å². The lowest BCUT2D eigenvalue weighted by molar-refractivity contribution is 0.103. The van der Waals surface area contributed by atoms with Gasteiger partial charge < -0.3 is 5.32 Å². The molecule has 2 nitrogen and oxygen atoms in total. The van der Waals surface area contributed by atoms with Crippen molar-refractivity contribution in [1.29, 1.82) is 0 Å². The molecule has 0 unspecified atom stereocenters. The summed E-state index contributed by atoms with van der Waals surface area (Å²) in [5.74, 6) is 0.157. The minimum absolute atomic E-state index is 0.157. The van der Waals surface area contributed by atoms with Crippen LogP contribution in [0.15, 0.2) is 36.4 Å². The van der Waals surface area contributed by atoms with Gasteiger partial charge in [0.25, 0.3) is 0 Å². The fraction of sp³-hybridized carbons (Fsp3) is 0.278.